The van der Waals surface area contributed by atoms with Crippen molar-refractivity contribution in [3.63, 3.8) is 0 Å². The number of piperidine rings is 1. The number of hydrogen-bond acceptors (Lipinski definition) is 3. The minimum atomic E-state index is -0.224. The van der Waals surface area contributed by atoms with Gasteiger partial charge in [0.05, 0.1) is 6.04 Å². The second kappa shape index (κ2) is 8.04. The molecule has 0 radical (unpaired) electrons. The molecule has 0 aromatic carbocycles. The Bertz CT molecular complexity index is 357. The van der Waals surface area contributed by atoms with E-state index in [0.29, 0.717) is 18.5 Å². The summed E-state index contributed by atoms with van der Waals surface area (Å²) in [6, 6.07) is 0.0676. The third-order valence-electron chi connectivity index (χ3n) is 3.98. The molecule has 1 rings (SSSR count). The first kappa shape index (κ1) is 16.7. The van der Waals surface area contributed by atoms with E-state index in [-0.39, 0.29) is 17.9 Å². The number of carbonyl (C=O) groups excluding carboxylic acids is 2. The molecule has 1 aliphatic heterocycles. The van der Waals surface area contributed by atoms with Crippen LogP contribution in [0.2, 0.25) is 0 Å². The number of amides is 2. The van der Waals surface area contributed by atoms with Crippen molar-refractivity contribution in [3.05, 3.63) is 12.7 Å². The lowest BCUT2D eigenvalue weighted by Gasteiger charge is -2.39. The number of nitrogens with one attached hydrogen (secondary N) is 2. The number of carbonyl (C=O) groups is 2. The third-order valence-corrected chi connectivity index (χ3v) is 3.98. The number of nitrogens with zero attached hydrogens (tertiary/aromatic N) is 1. The summed E-state index contributed by atoms with van der Waals surface area (Å²) in [5, 5.41) is 6.20. The Balaban J connectivity index is 2.52. The highest BCUT2D eigenvalue weighted by molar-refractivity contribution is 5.81. The Kier molecular flexibility index (Phi) is 6.71. The largest absolute Gasteiger partial charge is 0.351 e. The summed E-state index contributed by atoms with van der Waals surface area (Å²) in [7, 11) is 0. The Morgan fingerprint density at radius 1 is 1.50 bits per heavy atom. The summed E-state index contributed by atoms with van der Waals surface area (Å²) in [5.74, 6) is 0.537. The zero-order valence-electron chi connectivity index (χ0n) is 12.8. The maximum absolute atomic E-state index is 11.9. The smallest absolute Gasteiger partial charge is 0.237 e. The summed E-state index contributed by atoms with van der Waals surface area (Å²) in [5.41, 5.74) is 0. The van der Waals surface area contributed by atoms with E-state index in [2.05, 4.69) is 24.1 Å². The van der Waals surface area contributed by atoms with Crippen LogP contribution in [0.5, 0.6) is 0 Å². The standard InChI is InChI=1S/C15H27N3O2/c1-5-8-16-15(20)11(3)17-14-7-9-18(12(4)19)10-13(14)6-2/h5,11,13-14,17H,1,6-10H2,2-4H3,(H,16,20)/t11-,13+,14-/m0/s1. The van der Waals surface area contributed by atoms with Gasteiger partial charge in [0.2, 0.25) is 11.8 Å². The van der Waals surface area contributed by atoms with Gasteiger partial charge < -0.3 is 15.5 Å². The van der Waals surface area contributed by atoms with Crippen molar-refractivity contribution < 1.29 is 9.59 Å². The summed E-state index contributed by atoms with van der Waals surface area (Å²) in [6.07, 6.45) is 3.57. The topological polar surface area (TPSA) is 61.4 Å². The number of hydrogen-bond donors (Lipinski definition) is 2. The van der Waals surface area contributed by atoms with Crippen LogP contribution in [0, 0.1) is 5.92 Å². The molecule has 20 heavy (non-hydrogen) atoms. The third kappa shape index (κ3) is 4.63. The average Bonchev–Trinajstić information content (AvgIpc) is 2.44. The quantitative estimate of drug-likeness (QED) is 0.712. The van der Waals surface area contributed by atoms with Crippen molar-refractivity contribution in [3.8, 4) is 0 Å². The fourth-order valence-corrected chi connectivity index (χ4v) is 2.67. The van der Waals surface area contributed by atoms with Gasteiger partial charge in [-0.3, -0.25) is 9.59 Å². The molecule has 0 aromatic heterocycles. The lowest BCUT2D eigenvalue weighted by atomic mass is 9.89. The van der Waals surface area contributed by atoms with Crippen LogP contribution in [0.3, 0.4) is 0 Å². The molecule has 5 nitrogen and oxygen atoms in total. The maximum atomic E-state index is 11.9. The lowest BCUT2D eigenvalue weighted by Crippen LogP contribution is -2.55. The minimum absolute atomic E-state index is 0.00579. The molecule has 1 aliphatic rings. The van der Waals surface area contributed by atoms with Crippen molar-refractivity contribution in [2.45, 2.75) is 45.7 Å². The molecule has 0 unspecified atom stereocenters. The van der Waals surface area contributed by atoms with Crippen LogP contribution in [-0.4, -0.2) is 48.4 Å². The van der Waals surface area contributed by atoms with Gasteiger partial charge in [0, 0.05) is 32.6 Å². The van der Waals surface area contributed by atoms with Crippen LogP contribution in [-0.2, 0) is 9.59 Å². The van der Waals surface area contributed by atoms with E-state index >= 15 is 0 Å². The molecule has 0 bridgehead atoms. The maximum Gasteiger partial charge on any atom is 0.237 e. The van der Waals surface area contributed by atoms with Crippen molar-refractivity contribution >= 4 is 11.8 Å². The molecule has 0 aliphatic carbocycles. The lowest BCUT2D eigenvalue weighted by molar-refractivity contribution is -0.131. The molecular formula is C15H27N3O2. The second-order valence-electron chi connectivity index (χ2n) is 5.45. The van der Waals surface area contributed by atoms with E-state index in [9.17, 15) is 9.59 Å². The van der Waals surface area contributed by atoms with Crippen molar-refractivity contribution in [2.75, 3.05) is 19.6 Å². The molecule has 1 saturated heterocycles. The Hall–Kier alpha value is -1.36. The minimum Gasteiger partial charge on any atom is -0.351 e. The molecule has 1 fully saturated rings. The molecule has 0 spiro atoms. The van der Waals surface area contributed by atoms with Gasteiger partial charge in [-0.05, 0) is 19.3 Å². The normalized spacial score (nSPS) is 24.1. The molecule has 5 heteroatoms. The summed E-state index contributed by atoms with van der Waals surface area (Å²) in [6.45, 7) is 11.3. The molecule has 2 N–H and O–H groups in total. The van der Waals surface area contributed by atoms with Gasteiger partial charge in [0.15, 0.2) is 0 Å². The molecule has 1 heterocycles. The van der Waals surface area contributed by atoms with Crippen LogP contribution >= 0.6 is 0 Å². The number of rotatable bonds is 6. The zero-order chi connectivity index (χ0) is 15.1. The first-order valence-electron chi connectivity index (χ1n) is 7.39. The predicted molar refractivity (Wildman–Crippen MR) is 80.2 cm³/mol. The van der Waals surface area contributed by atoms with Gasteiger partial charge in [-0.2, -0.15) is 0 Å². The molecule has 0 aromatic rings. The van der Waals surface area contributed by atoms with Gasteiger partial charge in [-0.1, -0.05) is 19.4 Å². The van der Waals surface area contributed by atoms with E-state index in [1.54, 1.807) is 13.0 Å². The van der Waals surface area contributed by atoms with E-state index in [1.165, 1.54) is 0 Å². The van der Waals surface area contributed by atoms with Gasteiger partial charge >= 0.3 is 0 Å². The van der Waals surface area contributed by atoms with Crippen LogP contribution in [0.25, 0.3) is 0 Å². The highest BCUT2D eigenvalue weighted by Crippen LogP contribution is 2.20. The zero-order valence-corrected chi connectivity index (χ0v) is 12.8. The first-order chi connectivity index (χ1) is 9.49. The molecular weight excluding hydrogens is 254 g/mol. The van der Waals surface area contributed by atoms with E-state index in [1.807, 2.05) is 11.8 Å². The Morgan fingerprint density at radius 3 is 2.75 bits per heavy atom. The monoisotopic (exact) mass is 281 g/mol. The summed E-state index contributed by atoms with van der Waals surface area (Å²) >= 11 is 0. The van der Waals surface area contributed by atoms with Crippen LogP contribution in [0.15, 0.2) is 12.7 Å². The SMILES string of the molecule is C=CCNC(=O)[C@H](C)N[C@H]1CCN(C(C)=O)C[C@H]1CC. The van der Waals surface area contributed by atoms with E-state index in [4.69, 9.17) is 0 Å². The molecule has 3 atom stereocenters. The van der Waals surface area contributed by atoms with Crippen molar-refractivity contribution in [1.82, 2.24) is 15.5 Å². The Labute approximate surface area is 121 Å². The Morgan fingerprint density at radius 2 is 2.20 bits per heavy atom. The molecule has 0 saturated carbocycles. The highest BCUT2D eigenvalue weighted by Gasteiger charge is 2.30. The van der Waals surface area contributed by atoms with Crippen LogP contribution in [0.1, 0.15) is 33.6 Å². The van der Waals surface area contributed by atoms with Crippen molar-refractivity contribution in [1.29, 1.82) is 0 Å². The van der Waals surface area contributed by atoms with Gasteiger partial charge in [0.1, 0.15) is 0 Å². The fraction of sp³-hybridized carbons (Fsp3) is 0.733. The van der Waals surface area contributed by atoms with Crippen LogP contribution < -0.4 is 10.6 Å². The van der Waals surface area contributed by atoms with E-state index in [0.717, 1.165) is 25.9 Å². The average molecular weight is 281 g/mol. The van der Waals surface area contributed by atoms with Gasteiger partial charge in [-0.15, -0.1) is 6.58 Å². The fourth-order valence-electron chi connectivity index (χ4n) is 2.67. The second-order valence-corrected chi connectivity index (χ2v) is 5.45. The highest BCUT2D eigenvalue weighted by atomic mass is 16.2. The van der Waals surface area contributed by atoms with Gasteiger partial charge in [-0.25, -0.2) is 0 Å². The van der Waals surface area contributed by atoms with Gasteiger partial charge in [0.25, 0.3) is 0 Å². The van der Waals surface area contributed by atoms with Crippen molar-refractivity contribution in [2.24, 2.45) is 5.92 Å². The summed E-state index contributed by atoms with van der Waals surface area (Å²) in [4.78, 5) is 25.2. The molecule has 114 valence electrons. The molecule has 2 amide bonds. The number of likely N-dealkylation sites (tertiary alicyclic amines) is 1. The van der Waals surface area contributed by atoms with Crippen LogP contribution in [0.4, 0.5) is 0 Å². The summed E-state index contributed by atoms with van der Waals surface area (Å²) < 4.78 is 0. The first-order valence-corrected chi connectivity index (χ1v) is 7.39. The predicted octanol–water partition coefficient (Wildman–Crippen LogP) is 0.914. The van der Waals surface area contributed by atoms with E-state index < -0.39 is 0 Å².